The number of aliphatic hydroxyl groups excluding tert-OH is 1. The third-order valence-electron chi connectivity index (χ3n) is 4.39. The second-order valence-corrected chi connectivity index (χ2v) is 7.15. The Labute approximate surface area is 166 Å². The van der Waals surface area contributed by atoms with Crippen LogP contribution in [0.25, 0.3) is 10.9 Å². The maximum atomic E-state index is 12.8. The zero-order valence-electron chi connectivity index (χ0n) is 15.7. The Morgan fingerprint density at radius 2 is 1.96 bits per heavy atom. The summed E-state index contributed by atoms with van der Waals surface area (Å²) < 4.78 is 10.6. The van der Waals surface area contributed by atoms with Crippen molar-refractivity contribution in [3.05, 3.63) is 56.5 Å². The van der Waals surface area contributed by atoms with Crippen molar-refractivity contribution in [2.45, 2.75) is 13.0 Å². The number of aromatic nitrogens is 1. The van der Waals surface area contributed by atoms with E-state index < -0.39 is 0 Å². The van der Waals surface area contributed by atoms with Crippen molar-refractivity contribution >= 4 is 28.1 Å². The Hall–Kier alpha value is -2.84. The van der Waals surface area contributed by atoms with Gasteiger partial charge in [-0.25, -0.2) is 0 Å². The number of ether oxygens (including phenoxy) is 2. The van der Waals surface area contributed by atoms with Gasteiger partial charge in [0.2, 0.25) is 0 Å². The second-order valence-electron chi connectivity index (χ2n) is 6.20. The molecule has 0 saturated carbocycles. The van der Waals surface area contributed by atoms with Crippen LogP contribution in [0.3, 0.4) is 0 Å². The van der Waals surface area contributed by atoms with Crippen LogP contribution >= 0.6 is 11.3 Å². The molecule has 0 unspecified atom stereocenters. The molecular formula is C20H22N2O5S. The fourth-order valence-electron chi connectivity index (χ4n) is 2.97. The van der Waals surface area contributed by atoms with E-state index in [1.54, 1.807) is 36.3 Å². The number of nitrogens with one attached hydrogen (secondary N) is 1. The summed E-state index contributed by atoms with van der Waals surface area (Å²) in [5.74, 6) is 0.922. The van der Waals surface area contributed by atoms with Gasteiger partial charge in [0.1, 0.15) is 0 Å². The number of pyridine rings is 1. The first kappa shape index (κ1) is 19.9. The van der Waals surface area contributed by atoms with Crippen molar-refractivity contribution in [3.63, 3.8) is 0 Å². The van der Waals surface area contributed by atoms with Gasteiger partial charge in [0.05, 0.1) is 31.2 Å². The zero-order valence-corrected chi connectivity index (χ0v) is 16.5. The first-order valence-electron chi connectivity index (χ1n) is 8.79. The van der Waals surface area contributed by atoms with Crippen molar-refractivity contribution in [1.29, 1.82) is 0 Å². The third kappa shape index (κ3) is 4.18. The second kappa shape index (κ2) is 8.90. The first-order chi connectivity index (χ1) is 13.6. The number of thiophene rings is 1. The van der Waals surface area contributed by atoms with Crippen LogP contribution in [-0.4, -0.2) is 48.3 Å². The smallest absolute Gasteiger partial charge is 0.264 e. The van der Waals surface area contributed by atoms with E-state index in [1.165, 1.54) is 18.4 Å². The maximum absolute atomic E-state index is 12.8. The van der Waals surface area contributed by atoms with E-state index in [4.69, 9.17) is 14.6 Å². The summed E-state index contributed by atoms with van der Waals surface area (Å²) in [6, 6.07) is 8.81. The minimum absolute atomic E-state index is 0.0285. The normalized spacial score (nSPS) is 10.8. The number of aliphatic hydroxyl groups is 1. The molecule has 0 spiro atoms. The van der Waals surface area contributed by atoms with Gasteiger partial charge in [0, 0.05) is 30.2 Å². The van der Waals surface area contributed by atoms with E-state index >= 15 is 0 Å². The summed E-state index contributed by atoms with van der Waals surface area (Å²) in [5, 5.41) is 11.8. The van der Waals surface area contributed by atoms with Gasteiger partial charge in [-0.15, -0.1) is 11.3 Å². The number of H-pyrrole nitrogens is 1. The summed E-state index contributed by atoms with van der Waals surface area (Å²) in [4.78, 5) is 30.4. The van der Waals surface area contributed by atoms with Gasteiger partial charge in [-0.05, 0) is 30.0 Å². The van der Waals surface area contributed by atoms with E-state index in [0.29, 0.717) is 40.4 Å². The lowest BCUT2D eigenvalue weighted by Crippen LogP contribution is -2.33. The molecule has 28 heavy (non-hydrogen) atoms. The van der Waals surface area contributed by atoms with Crippen molar-refractivity contribution in [1.82, 2.24) is 9.88 Å². The van der Waals surface area contributed by atoms with E-state index in [-0.39, 0.29) is 24.6 Å². The Morgan fingerprint density at radius 3 is 2.61 bits per heavy atom. The maximum Gasteiger partial charge on any atom is 0.264 e. The number of hydrogen-bond acceptors (Lipinski definition) is 6. The number of fused-ring (bicyclic) bond motifs is 1. The van der Waals surface area contributed by atoms with Gasteiger partial charge in [0.15, 0.2) is 11.5 Å². The van der Waals surface area contributed by atoms with Crippen LogP contribution in [0.15, 0.2) is 40.5 Å². The Balaban J connectivity index is 1.96. The van der Waals surface area contributed by atoms with Gasteiger partial charge in [-0.2, -0.15) is 0 Å². The Morgan fingerprint density at radius 1 is 1.21 bits per heavy atom. The minimum Gasteiger partial charge on any atom is -0.493 e. The molecular weight excluding hydrogens is 380 g/mol. The average Bonchev–Trinajstić information content (AvgIpc) is 3.24. The van der Waals surface area contributed by atoms with Crippen molar-refractivity contribution in [3.8, 4) is 11.5 Å². The lowest BCUT2D eigenvalue weighted by atomic mass is 10.1. The van der Waals surface area contributed by atoms with Gasteiger partial charge in [-0.3, -0.25) is 9.59 Å². The van der Waals surface area contributed by atoms with Gasteiger partial charge < -0.3 is 24.5 Å². The Kier molecular flexibility index (Phi) is 6.33. The van der Waals surface area contributed by atoms with Crippen LogP contribution in [0.2, 0.25) is 0 Å². The standard InChI is InChI=1S/C20H22N2O5S/c1-26-16-10-13-9-14(19(24)21-15(13)11-17(16)27-2)12-22(6-4-7-23)20(25)18-5-3-8-28-18/h3,5,8-11,23H,4,6-7,12H2,1-2H3,(H,21,24). The SMILES string of the molecule is COc1cc2cc(CN(CCCO)C(=O)c3cccs3)c(=O)[nH]c2cc1OC. The summed E-state index contributed by atoms with van der Waals surface area (Å²) in [7, 11) is 3.08. The molecule has 2 N–H and O–H groups in total. The van der Waals surface area contributed by atoms with Crippen molar-refractivity contribution in [2.75, 3.05) is 27.4 Å². The molecule has 1 aromatic carbocycles. The molecule has 8 heteroatoms. The quantitative estimate of drug-likeness (QED) is 0.604. The van der Waals surface area contributed by atoms with Crippen LogP contribution in [0, 0.1) is 0 Å². The topological polar surface area (TPSA) is 91.9 Å². The van der Waals surface area contributed by atoms with Crippen LogP contribution < -0.4 is 15.0 Å². The number of nitrogens with zero attached hydrogens (tertiary/aromatic N) is 1. The third-order valence-corrected chi connectivity index (χ3v) is 5.25. The summed E-state index contributed by atoms with van der Waals surface area (Å²) in [6.45, 7) is 0.478. The highest BCUT2D eigenvalue weighted by Gasteiger charge is 2.19. The molecule has 0 aliphatic heterocycles. The molecule has 0 atom stereocenters. The molecule has 0 aliphatic rings. The fourth-order valence-corrected chi connectivity index (χ4v) is 3.66. The highest BCUT2D eigenvalue weighted by Crippen LogP contribution is 2.31. The lowest BCUT2D eigenvalue weighted by Gasteiger charge is -2.22. The molecule has 2 heterocycles. The molecule has 2 aromatic heterocycles. The highest BCUT2D eigenvalue weighted by molar-refractivity contribution is 7.12. The number of aromatic amines is 1. The number of amides is 1. The number of carbonyl (C=O) groups is 1. The van der Waals surface area contributed by atoms with Gasteiger partial charge in [0.25, 0.3) is 11.5 Å². The molecule has 7 nitrogen and oxygen atoms in total. The number of benzene rings is 1. The molecule has 148 valence electrons. The molecule has 0 fully saturated rings. The van der Waals surface area contributed by atoms with Crippen molar-refractivity contribution < 1.29 is 19.4 Å². The van der Waals surface area contributed by atoms with E-state index in [9.17, 15) is 9.59 Å². The summed E-state index contributed by atoms with van der Waals surface area (Å²) >= 11 is 1.35. The molecule has 3 rings (SSSR count). The number of carbonyl (C=O) groups excluding carboxylic acids is 1. The fraction of sp³-hybridized carbons (Fsp3) is 0.300. The van der Waals surface area contributed by atoms with Crippen LogP contribution in [0.4, 0.5) is 0 Å². The molecule has 0 saturated heterocycles. The predicted octanol–water partition coefficient (Wildman–Crippen LogP) is 2.63. The van der Waals surface area contributed by atoms with Crippen LogP contribution in [0.5, 0.6) is 11.5 Å². The molecule has 3 aromatic rings. The van der Waals surface area contributed by atoms with Crippen LogP contribution in [-0.2, 0) is 6.54 Å². The van der Waals surface area contributed by atoms with E-state index in [0.717, 1.165) is 5.39 Å². The van der Waals surface area contributed by atoms with Gasteiger partial charge >= 0.3 is 0 Å². The predicted molar refractivity (Wildman–Crippen MR) is 108 cm³/mol. The minimum atomic E-state index is -0.271. The van der Waals surface area contributed by atoms with Crippen LogP contribution in [0.1, 0.15) is 21.7 Å². The van der Waals surface area contributed by atoms with Gasteiger partial charge in [-0.1, -0.05) is 6.07 Å². The number of hydrogen-bond donors (Lipinski definition) is 2. The average molecular weight is 402 g/mol. The molecule has 0 aliphatic carbocycles. The Bertz CT molecular complexity index is 1010. The molecule has 0 radical (unpaired) electrons. The largest absolute Gasteiger partial charge is 0.493 e. The molecule has 1 amide bonds. The number of methoxy groups -OCH3 is 2. The zero-order chi connectivity index (χ0) is 20.1. The van der Waals surface area contributed by atoms with E-state index in [1.807, 2.05) is 11.4 Å². The monoisotopic (exact) mass is 402 g/mol. The summed E-state index contributed by atoms with van der Waals surface area (Å²) in [5.41, 5.74) is 0.813. The lowest BCUT2D eigenvalue weighted by molar-refractivity contribution is 0.0736. The van der Waals surface area contributed by atoms with Crippen molar-refractivity contribution in [2.24, 2.45) is 0 Å². The first-order valence-corrected chi connectivity index (χ1v) is 9.67. The summed E-state index contributed by atoms with van der Waals surface area (Å²) in [6.07, 6.45) is 0.438. The molecule has 0 bridgehead atoms. The number of rotatable bonds is 8. The highest BCUT2D eigenvalue weighted by atomic mass is 32.1. The van der Waals surface area contributed by atoms with E-state index in [2.05, 4.69) is 4.98 Å².